The van der Waals surface area contributed by atoms with Gasteiger partial charge in [0.25, 0.3) is 0 Å². The summed E-state index contributed by atoms with van der Waals surface area (Å²) in [5, 5.41) is 0. The monoisotopic (exact) mass is 361 g/mol. The topological polar surface area (TPSA) is 106 Å². The largest absolute Gasteiger partial charge is 0.473 e. The van der Waals surface area contributed by atoms with Gasteiger partial charge in [-0.2, -0.15) is 4.31 Å². The van der Waals surface area contributed by atoms with Crippen LogP contribution in [0.25, 0.3) is 11.1 Å². The number of aromatic nitrogens is 2. The highest BCUT2D eigenvalue weighted by Crippen LogP contribution is 2.25. The van der Waals surface area contributed by atoms with Crippen molar-refractivity contribution in [1.29, 1.82) is 0 Å². The van der Waals surface area contributed by atoms with Gasteiger partial charge in [0.05, 0.1) is 17.0 Å². The number of aromatic amines is 1. The second kappa shape index (κ2) is 6.01. The Morgan fingerprint density at radius 1 is 1.28 bits per heavy atom. The molecule has 1 atom stereocenters. The van der Waals surface area contributed by atoms with Gasteiger partial charge >= 0.3 is 5.76 Å². The molecule has 2 aromatic heterocycles. The molecule has 3 heterocycles. The summed E-state index contributed by atoms with van der Waals surface area (Å²) in [4.78, 5) is 17.9. The molecule has 0 bridgehead atoms. The molecule has 0 radical (unpaired) electrons. The summed E-state index contributed by atoms with van der Waals surface area (Å²) in [6.45, 7) is 0.610. The van der Waals surface area contributed by atoms with Crippen LogP contribution in [-0.2, 0) is 10.0 Å². The van der Waals surface area contributed by atoms with Crippen LogP contribution in [0, 0.1) is 0 Å². The van der Waals surface area contributed by atoms with Crippen molar-refractivity contribution in [2.45, 2.75) is 17.4 Å². The third kappa shape index (κ3) is 3.03. The van der Waals surface area contributed by atoms with E-state index in [-0.39, 0.29) is 17.5 Å². The molecule has 1 aromatic carbocycles. The van der Waals surface area contributed by atoms with Gasteiger partial charge < -0.3 is 9.15 Å². The third-order valence-corrected chi connectivity index (χ3v) is 5.92. The summed E-state index contributed by atoms with van der Waals surface area (Å²) >= 11 is 0. The maximum Gasteiger partial charge on any atom is 0.417 e. The normalized spacial score (nSPS) is 18.6. The van der Waals surface area contributed by atoms with Crippen LogP contribution in [0.15, 0.2) is 56.7 Å². The molecule has 130 valence electrons. The van der Waals surface area contributed by atoms with Crippen LogP contribution in [-0.4, -0.2) is 41.9 Å². The zero-order valence-electron chi connectivity index (χ0n) is 13.1. The zero-order valence-corrected chi connectivity index (χ0v) is 13.9. The fraction of sp³-hybridized carbons (Fsp3) is 0.250. The zero-order chi connectivity index (χ0) is 17.4. The first-order valence-corrected chi connectivity index (χ1v) is 9.17. The summed E-state index contributed by atoms with van der Waals surface area (Å²) in [5.74, 6) is -0.140. The number of sulfonamides is 1. The first-order chi connectivity index (χ1) is 12.0. The van der Waals surface area contributed by atoms with E-state index in [9.17, 15) is 13.2 Å². The van der Waals surface area contributed by atoms with Gasteiger partial charge in [0.15, 0.2) is 5.58 Å². The molecule has 1 N–H and O–H groups in total. The lowest BCUT2D eigenvalue weighted by atomic mass is 10.3. The maximum absolute atomic E-state index is 12.8. The lowest BCUT2D eigenvalue weighted by Gasteiger charge is -2.17. The number of pyridine rings is 1. The SMILES string of the molecule is O=c1[nH]c2cc(S(=O)(=O)N3CCC(Oc4ccccn4)C3)ccc2o1. The van der Waals surface area contributed by atoms with Crippen molar-refractivity contribution in [2.75, 3.05) is 13.1 Å². The number of hydrogen-bond donors (Lipinski definition) is 1. The summed E-state index contributed by atoms with van der Waals surface area (Å²) in [7, 11) is -3.68. The fourth-order valence-electron chi connectivity index (χ4n) is 2.84. The van der Waals surface area contributed by atoms with E-state index in [1.54, 1.807) is 18.3 Å². The van der Waals surface area contributed by atoms with Gasteiger partial charge in [-0.1, -0.05) is 6.07 Å². The number of oxazole rings is 1. The van der Waals surface area contributed by atoms with Crippen molar-refractivity contribution < 1.29 is 17.6 Å². The molecular formula is C16H15N3O5S. The van der Waals surface area contributed by atoms with Crippen LogP contribution in [0.3, 0.4) is 0 Å². The molecule has 1 unspecified atom stereocenters. The predicted octanol–water partition coefficient (Wildman–Crippen LogP) is 1.36. The number of benzene rings is 1. The van der Waals surface area contributed by atoms with E-state index in [0.717, 1.165) is 0 Å². The van der Waals surface area contributed by atoms with Crippen LogP contribution in [0.4, 0.5) is 0 Å². The Morgan fingerprint density at radius 3 is 2.96 bits per heavy atom. The average Bonchev–Trinajstić information content (AvgIpc) is 3.21. The van der Waals surface area contributed by atoms with Crippen molar-refractivity contribution in [2.24, 2.45) is 0 Å². The van der Waals surface area contributed by atoms with Gasteiger partial charge in [-0.25, -0.2) is 18.2 Å². The van der Waals surface area contributed by atoms with Crippen molar-refractivity contribution in [3.8, 4) is 5.88 Å². The van der Waals surface area contributed by atoms with Gasteiger partial charge in [-0.3, -0.25) is 4.98 Å². The number of hydrogen-bond acceptors (Lipinski definition) is 6. The Bertz CT molecular complexity index is 1060. The van der Waals surface area contributed by atoms with Gasteiger partial charge in [0, 0.05) is 18.8 Å². The fourth-order valence-corrected chi connectivity index (χ4v) is 4.35. The molecule has 0 amide bonds. The predicted molar refractivity (Wildman–Crippen MR) is 88.9 cm³/mol. The van der Waals surface area contributed by atoms with Crippen molar-refractivity contribution >= 4 is 21.1 Å². The maximum atomic E-state index is 12.8. The van der Waals surface area contributed by atoms with E-state index >= 15 is 0 Å². The van der Waals surface area contributed by atoms with Gasteiger partial charge in [-0.05, 0) is 30.7 Å². The number of H-pyrrole nitrogens is 1. The van der Waals surface area contributed by atoms with E-state index in [2.05, 4.69) is 9.97 Å². The molecule has 1 aliphatic heterocycles. The van der Waals surface area contributed by atoms with Crippen molar-refractivity contribution in [3.63, 3.8) is 0 Å². The Morgan fingerprint density at radius 2 is 2.16 bits per heavy atom. The standard InChI is InChI=1S/C16H15N3O5S/c20-16-18-13-9-12(4-5-14(13)24-16)25(21,22)19-8-6-11(10-19)23-15-3-1-2-7-17-15/h1-5,7,9,11H,6,8,10H2,(H,18,20). The third-order valence-electron chi connectivity index (χ3n) is 4.06. The first-order valence-electron chi connectivity index (χ1n) is 7.73. The Kier molecular flexibility index (Phi) is 3.81. The summed E-state index contributed by atoms with van der Waals surface area (Å²) < 4.78 is 37.6. The molecule has 1 saturated heterocycles. The van der Waals surface area contributed by atoms with Crippen molar-refractivity contribution in [1.82, 2.24) is 14.3 Å². The minimum Gasteiger partial charge on any atom is -0.473 e. The Labute approximate surface area is 143 Å². The Hall–Kier alpha value is -2.65. The van der Waals surface area contributed by atoms with E-state index in [4.69, 9.17) is 9.15 Å². The highest BCUT2D eigenvalue weighted by molar-refractivity contribution is 7.89. The van der Waals surface area contributed by atoms with Crippen LogP contribution < -0.4 is 10.5 Å². The summed E-state index contributed by atoms with van der Waals surface area (Å²) in [6.07, 6.45) is 1.96. The smallest absolute Gasteiger partial charge is 0.417 e. The lowest BCUT2D eigenvalue weighted by Crippen LogP contribution is -2.31. The number of fused-ring (bicyclic) bond motifs is 1. The molecule has 1 fully saturated rings. The van der Waals surface area contributed by atoms with E-state index in [1.807, 2.05) is 6.07 Å². The highest BCUT2D eigenvalue weighted by Gasteiger charge is 2.34. The minimum absolute atomic E-state index is 0.107. The molecule has 3 aromatic rings. The molecule has 0 saturated carbocycles. The van der Waals surface area contributed by atoms with E-state index < -0.39 is 15.8 Å². The minimum atomic E-state index is -3.68. The Balaban J connectivity index is 1.54. The summed E-state index contributed by atoms with van der Waals surface area (Å²) in [6, 6.07) is 9.64. The quantitative estimate of drug-likeness (QED) is 0.752. The van der Waals surface area contributed by atoms with Crippen LogP contribution in [0.1, 0.15) is 6.42 Å². The van der Waals surface area contributed by atoms with Crippen molar-refractivity contribution in [3.05, 3.63) is 53.1 Å². The first kappa shape index (κ1) is 15.9. The van der Waals surface area contributed by atoms with Gasteiger partial charge in [-0.15, -0.1) is 0 Å². The van der Waals surface area contributed by atoms with Gasteiger partial charge in [0.1, 0.15) is 6.10 Å². The molecule has 25 heavy (non-hydrogen) atoms. The van der Waals surface area contributed by atoms with Gasteiger partial charge in [0.2, 0.25) is 15.9 Å². The number of nitrogens with one attached hydrogen (secondary N) is 1. The number of ether oxygens (including phenoxy) is 1. The van der Waals surface area contributed by atoms with Crippen LogP contribution in [0.5, 0.6) is 5.88 Å². The highest BCUT2D eigenvalue weighted by atomic mass is 32.2. The molecule has 8 nitrogen and oxygen atoms in total. The molecular weight excluding hydrogens is 346 g/mol. The molecule has 1 aliphatic rings. The molecule has 0 aliphatic carbocycles. The number of nitrogens with zero attached hydrogens (tertiary/aromatic N) is 2. The lowest BCUT2D eigenvalue weighted by molar-refractivity contribution is 0.207. The molecule has 4 rings (SSSR count). The van der Waals surface area contributed by atoms with E-state index in [1.165, 1.54) is 22.5 Å². The van der Waals surface area contributed by atoms with Crippen LogP contribution in [0.2, 0.25) is 0 Å². The average molecular weight is 361 g/mol. The van der Waals surface area contributed by atoms with E-state index in [0.29, 0.717) is 29.9 Å². The second-order valence-electron chi connectivity index (χ2n) is 5.73. The summed E-state index contributed by atoms with van der Waals surface area (Å²) in [5.41, 5.74) is 0.674. The number of rotatable bonds is 4. The molecule has 9 heteroatoms. The van der Waals surface area contributed by atoms with Crippen LogP contribution >= 0.6 is 0 Å². The molecule has 0 spiro atoms. The second-order valence-corrected chi connectivity index (χ2v) is 7.67.